The fraction of sp³-hybridized carbons (Fsp3) is 0.333. The number of nitro benzene ring substituents is 1. The molecule has 0 aromatic heterocycles. The van der Waals surface area contributed by atoms with Gasteiger partial charge in [-0.25, -0.2) is 0 Å². The Kier molecular flexibility index (Phi) is 4.87. The van der Waals surface area contributed by atoms with Crippen LogP contribution in [0.3, 0.4) is 0 Å². The highest BCUT2D eigenvalue weighted by Crippen LogP contribution is 2.31. The molecule has 0 aliphatic carbocycles. The number of hydrogen-bond donors (Lipinski definition) is 3. The summed E-state index contributed by atoms with van der Waals surface area (Å²) in [5.74, 6) is 6.11. The van der Waals surface area contributed by atoms with E-state index in [1.54, 1.807) is 30.0 Å². The predicted molar refractivity (Wildman–Crippen MR) is 67.8 cm³/mol. The standard InChI is InChI=1S/C9H14N4O2S/c1-16-6-5-11-7-3-2-4-8(12-10)9(7)13(14)15/h2-4,11-12H,5-6,10H2,1H3. The number of anilines is 2. The molecular formula is C9H14N4O2S. The lowest BCUT2D eigenvalue weighted by Crippen LogP contribution is -2.12. The molecule has 0 aliphatic heterocycles. The van der Waals surface area contributed by atoms with E-state index in [1.165, 1.54) is 0 Å². The lowest BCUT2D eigenvalue weighted by molar-refractivity contribution is -0.383. The van der Waals surface area contributed by atoms with E-state index in [2.05, 4.69) is 10.7 Å². The van der Waals surface area contributed by atoms with E-state index in [0.29, 0.717) is 17.9 Å². The number of nitro groups is 1. The van der Waals surface area contributed by atoms with E-state index in [9.17, 15) is 10.1 Å². The van der Waals surface area contributed by atoms with Gasteiger partial charge in [0.2, 0.25) is 0 Å². The van der Waals surface area contributed by atoms with Crippen molar-refractivity contribution in [3.63, 3.8) is 0 Å². The number of nitrogens with two attached hydrogens (primary N) is 1. The normalized spacial score (nSPS) is 9.88. The number of nitrogen functional groups attached to an aromatic ring is 1. The summed E-state index contributed by atoms with van der Waals surface area (Å²) in [7, 11) is 0. The molecule has 1 rings (SSSR count). The lowest BCUT2D eigenvalue weighted by atomic mass is 10.2. The summed E-state index contributed by atoms with van der Waals surface area (Å²) < 4.78 is 0. The first kappa shape index (κ1) is 12.6. The van der Waals surface area contributed by atoms with E-state index < -0.39 is 4.92 Å². The van der Waals surface area contributed by atoms with Crippen LogP contribution in [0.1, 0.15) is 0 Å². The first-order valence-corrected chi connectivity index (χ1v) is 6.07. The molecule has 0 spiro atoms. The first-order valence-electron chi connectivity index (χ1n) is 4.67. The second kappa shape index (κ2) is 6.19. The van der Waals surface area contributed by atoms with Crippen LogP contribution in [0.2, 0.25) is 0 Å². The van der Waals surface area contributed by atoms with Gasteiger partial charge in [-0.3, -0.25) is 16.0 Å². The average molecular weight is 242 g/mol. The molecule has 0 unspecified atom stereocenters. The van der Waals surface area contributed by atoms with Gasteiger partial charge < -0.3 is 10.7 Å². The Morgan fingerprint density at radius 2 is 2.19 bits per heavy atom. The minimum absolute atomic E-state index is 0.0221. The largest absolute Gasteiger partial charge is 0.379 e. The van der Waals surface area contributed by atoms with Crippen molar-refractivity contribution in [2.45, 2.75) is 0 Å². The van der Waals surface area contributed by atoms with Gasteiger partial charge in [0.25, 0.3) is 0 Å². The van der Waals surface area contributed by atoms with E-state index in [4.69, 9.17) is 5.84 Å². The average Bonchev–Trinajstić information content (AvgIpc) is 2.28. The molecule has 0 radical (unpaired) electrons. The highest BCUT2D eigenvalue weighted by atomic mass is 32.2. The van der Waals surface area contributed by atoms with E-state index in [1.807, 2.05) is 6.26 Å². The Balaban J connectivity index is 2.93. The van der Waals surface area contributed by atoms with Crippen molar-refractivity contribution in [3.05, 3.63) is 28.3 Å². The van der Waals surface area contributed by atoms with Crippen LogP contribution in [0.25, 0.3) is 0 Å². The number of hydrazine groups is 1. The molecule has 0 atom stereocenters. The van der Waals surface area contributed by atoms with Gasteiger partial charge in [0.1, 0.15) is 11.4 Å². The lowest BCUT2D eigenvalue weighted by Gasteiger charge is -2.08. The van der Waals surface area contributed by atoms with Crippen molar-refractivity contribution in [1.29, 1.82) is 0 Å². The maximum absolute atomic E-state index is 10.9. The molecule has 0 saturated heterocycles. The quantitative estimate of drug-likeness (QED) is 0.304. The summed E-state index contributed by atoms with van der Waals surface area (Å²) in [5, 5.41) is 13.9. The molecule has 1 aromatic rings. The smallest absolute Gasteiger partial charge is 0.316 e. The number of benzene rings is 1. The van der Waals surface area contributed by atoms with Gasteiger partial charge in [0.15, 0.2) is 0 Å². The monoisotopic (exact) mass is 242 g/mol. The van der Waals surface area contributed by atoms with Crippen LogP contribution in [0.15, 0.2) is 18.2 Å². The number of para-hydroxylation sites is 1. The Hall–Kier alpha value is -1.47. The maximum atomic E-state index is 10.9. The Labute approximate surface area is 97.7 Å². The topological polar surface area (TPSA) is 93.2 Å². The van der Waals surface area contributed by atoms with E-state index in [-0.39, 0.29) is 5.69 Å². The molecule has 6 nitrogen and oxygen atoms in total. The van der Waals surface area contributed by atoms with Gasteiger partial charge in [0, 0.05) is 12.3 Å². The minimum Gasteiger partial charge on any atom is -0.379 e. The van der Waals surface area contributed by atoms with Gasteiger partial charge in [-0.15, -0.1) is 0 Å². The van der Waals surface area contributed by atoms with Crippen LogP contribution in [-0.2, 0) is 0 Å². The van der Waals surface area contributed by atoms with Gasteiger partial charge >= 0.3 is 5.69 Å². The summed E-state index contributed by atoms with van der Waals surface area (Å²) >= 11 is 1.67. The molecule has 88 valence electrons. The second-order valence-electron chi connectivity index (χ2n) is 3.02. The van der Waals surface area contributed by atoms with Gasteiger partial charge in [-0.1, -0.05) is 6.07 Å². The Morgan fingerprint density at radius 3 is 2.75 bits per heavy atom. The van der Waals surface area contributed by atoms with Crippen molar-refractivity contribution < 1.29 is 4.92 Å². The number of nitrogens with one attached hydrogen (secondary N) is 2. The van der Waals surface area contributed by atoms with Crippen molar-refractivity contribution in [3.8, 4) is 0 Å². The summed E-state index contributed by atoms with van der Waals surface area (Å²) in [4.78, 5) is 10.5. The van der Waals surface area contributed by atoms with Crippen LogP contribution in [0.4, 0.5) is 17.1 Å². The second-order valence-corrected chi connectivity index (χ2v) is 4.01. The summed E-state index contributed by atoms with van der Waals surface area (Å²) in [6.45, 7) is 0.677. The molecular weight excluding hydrogens is 228 g/mol. The molecule has 4 N–H and O–H groups in total. The Bertz CT molecular complexity index is 373. The molecule has 0 aliphatic rings. The zero-order valence-corrected chi connectivity index (χ0v) is 9.71. The van der Waals surface area contributed by atoms with Crippen molar-refractivity contribution >= 4 is 28.8 Å². The van der Waals surface area contributed by atoms with Crippen molar-refractivity contribution in [1.82, 2.24) is 0 Å². The molecule has 0 heterocycles. The summed E-state index contributed by atoms with van der Waals surface area (Å²) in [6, 6.07) is 4.95. The van der Waals surface area contributed by atoms with Crippen LogP contribution < -0.4 is 16.6 Å². The molecule has 0 bridgehead atoms. The van der Waals surface area contributed by atoms with E-state index in [0.717, 1.165) is 5.75 Å². The van der Waals surface area contributed by atoms with Crippen LogP contribution in [-0.4, -0.2) is 23.5 Å². The first-order chi connectivity index (χ1) is 7.70. The molecule has 0 amide bonds. The third kappa shape index (κ3) is 3.01. The predicted octanol–water partition coefficient (Wildman–Crippen LogP) is 1.66. The number of hydrogen-bond acceptors (Lipinski definition) is 6. The highest BCUT2D eigenvalue weighted by Gasteiger charge is 2.18. The van der Waals surface area contributed by atoms with Gasteiger partial charge in [0.05, 0.1) is 4.92 Å². The zero-order valence-electron chi connectivity index (χ0n) is 8.90. The summed E-state index contributed by atoms with van der Waals surface area (Å²) in [5.41, 5.74) is 3.08. The molecule has 0 saturated carbocycles. The molecule has 0 fully saturated rings. The van der Waals surface area contributed by atoms with Gasteiger partial charge in [-0.2, -0.15) is 11.8 Å². The van der Waals surface area contributed by atoms with Crippen LogP contribution in [0.5, 0.6) is 0 Å². The van der Waals surface area contributed by atoms with Gasteiger partial charge in [-0.05, 0) is 18.4 Å². The SMILES string of the molecule is CSCCNc1cccc(NN)c1[N+](=O)[O-]. The maximum Gasteiger partial charge on any atom is 0.316 e. The van der Waals surface area contributed by atoms with Crippen molar-refractivity contribution in [2.75, 3.05) is 29.3 Å². The van der Waals surface area contributed by atoms with E-state index >= 15 is 0 Å². The highest BCUT2D eigenvalue weighted by molar-refractivity contribution is 7.98. The fourth-order valence-corrected chi connectivity index (χ4v) is 1.59. The fourth-order valence-electron chi connectivity index (χ4n) is 1.29. The third-order valence-electron chi connectivity index (χ3n) is 2.00. The Morgan fingerprint density at radius 1 is 1.50 bits per heavy atom. The van der Waals surface area contributed by atoms with Crippen LogP contribution in [0, 0.1) is 10.1 Å². The molecule has 16 heavy (non-hydrogen) atoms. The van der Waals surface area contributed by atoms with Crippen LogP contribution >= 0.6 is 11.8 Å². The number of nitrogens with zero attached hydrogens (tertiary/aromatic N) is 1. The zero-order chi connectivity index (χ0) is 12.0. The molecule has 1 aromatic carbocycles. The third-order valence-corrected chi connectivity index (χ3v) is 2.61. The number of rotatable bonds is 6. The summed E-state index contributed by atoms with van der Waals surface area (Å²) in [6.07, 6.45) is 1.98. The number of thioether (sulfide) groups is 1. The van der Waals surface area contributed by atoms with Crippen molar-refractivity contribution in [2.24, 2.45) is 5.84 Å². The molecule has 7 heteroatoms. The minimum atomic E-state index is -0.448.